The molecule has 5 rings (SSSR count). The number of fused-ring (bicyclic) bond motifs is 2. The summed E-state index contributed by atoms with van der Waals surface area (Å²) in [5.74, 6) is 0. The van der Waals surface area contributed by atoms with Crippen LogP contribution in [0.25, 0.3) is 27.8 Å². The van der Waals surface area contributed by atoms with Crippen LogP contribution in [-0.2, 0) is 0 Å². The van der Waals surface area contributed by atoms with E-state index in [1.165, 1.54) is 18.7 Å². The molecule has 3 aromatic heterocycles. The van der Waals surface area contributed by atoms with Crippen molar-refractivity contribution in [3.8, 4) is 5.69 Å². The molecule has 8 nitrogen and oxygen atoms in total. The normalized spacial score (nSPS) is 11.6. The summed E-state index contributed by atoms with van der Waals surface area (Å²) in [5, 5.41) is 8.86. The van der Waals surface area contributed by atoms with E-state index in [0.717, 1.165) is 21.4 Å². The molecule has 28 heavy (non-hydrogen) atoms. The highest BCUT2D eigenvalue weighted by molar-refractivity contribution is 5.82. The molecule has 0 radical (unpaired) electrons. The first-order valence-electron chi connectivity index (χ1n) is 8.56. The molecule has 0 amide bonds. The van der Waals surface area contributed by atoms with Gasteiger partial charge in [0.25, 0.3) is 5.56 Å². The van der Waals surface area contributed by atoms with Gasteiger partial charge in [0, 0.05) is 0 Å². The van der Waals surface area contributed by atoms with Crippen LogP contribution in [0.2, 0.25) is 0 Å². The summed E-state index contributed by atoms with van der Waals surface area (Å²) in [6, 6.07) is 17.1. The summed E-state index contributed by atoms with van der Waals surface area (Å²) in [6.07, 6.45) is 5.96. The molecule has 0 N–H and O–H groups in total. The van der Waals surface area contributed by atoms with Crippen molar-refractivity contribution in [2.75, 3.05) is 0 Å². The van der Waals surface area contributed by atoms with Gasteiger partial charge in [-0.1, -0.05) is 30.3 Å². The Morgan fingerprint density at radius 1 is 0.893 bits per heavy atom. The van der Waals surface area contributed by atoms with Crippen molar-refractivity contribution < 1.29 is 0 Å². The molecular formula is C20H13N7O. The highest BCUT2D eigenvalue weighted by Gasteiger charge is 2.10. The van der Waals surface area contributed by atoms with Crippen LogP contribution in [0.4, 0.5) is 0 Å². The summed E-state index contributed by atoms with van der Waals surface area (Å²) in [5.41, 5.74) is 3.11. The van der Waals surface area contributed by atoms with Gasteiger partial charge in [0.1, 0.15) is 17.4 Å². The molecule has 2 aromatic carbocycles. The topological polar surface area (TPSA) is 90.8 Å². The minimum atomic E-state index is -0.308. The average molecular weight is 367 g/mol. The Kier molecular flexibility index (Phi) is 3.72. The Morgan fingerprint density at radius 2 is 1.68 bits per heavy atom. The van der Waals surface area contributed by atoms with Gasteiger partial charge >= 0.3 is 0 Å². The van der Waals surface area contributed by atoms with Gasteiger partial charge in [0.2, 0.25) is 0 Å². The highest BCUT2D eigenvalue weighted by Crippen LogP contribution is 2.13. The first-order valence-corrected chi connectivity index (χ1v) is 8.56. The fourth-order valence-corrected chi connectivity index (χ4v) is 2.90. The van der Waals surface area contributed by atoms with E-state index in [1.807, 2.05) is 54.6 Å². The molecule has 0 aliphatic heterocycles. The number of nitrogens with zero attached hydrogens (tertiary/aromatic N) is 7. The second-order valence-corrected chi connectivity index (χ2v) is 6.05. The van der Waals surface area contributed by atoms with E-state index in [1.54, 1.807) is 10.9 Å². The smallest absolute Gasteiger partial charge is 0.266 e. The Hall–Kier alpha value is -4.20. The standard InChI is InChI=1S/C20H13N7O/c28-20-16-12-24-27(15-6-2-1-3-7-15)19(16)22-13-26(20)23-11-14-10-21-17-8-4-5-9-18(17)25-14/h1-13H/b23-11-. The first-order chi connectivity index (χ1) is 13.8. The lowest BCUT2D eigenvalue weighted by molar-refractivity contribution is 0.809. The van der Waals surface area contributed by atoms with Crippen molar-refractivity contribution in [1.29, 1.82) is 0 Å². The molecule has 0 bridgehead atoms. The quantitative estimate of drug-likeness (QED) is 0.457. The van der Waals surface area contributed by atoms with E-state index in [4.69, 9.17) is 0 Å². The summed E-state index contributed by atoms with van der Waals surface area (Å²) in [4.78, 5) is 25.9. The molecule has 3 heterocycles. The van der Waals surface area contributed by atoms with Crippen molar-refractivity contribution in [2.24, 2.45) is 5.10 Å². The van der Waals surface area contributed by atoms with E-state index < -0.39 is 0 Å². The molecule has 0 saturated carbocycles. The maximum Gasteiger partial charge on any atom is 0.285 e. The van der Waals surface area contributed by atoms with Crippen molar-refractivity contribution in [3.63, 3.8) is 0 Å². The monoisotopic (exact) mass is 367 g/mol. The lowest BCUT2D eigenvalue weighted by Gasteiger charge is -2.02. The van der Waals surface area contributed by atoms with Crippen molar-refractivity contribution >= 4 is 28.3 Å². The molecule has 0 fully saturated rings. The number of aromatic nitrogens is 6. The Labute approximate surface area is 158 Å². The van der Waals surface area contributed by atoms with Crippen LogP contribution in [0.15, 0.2) is 83.2 Å². The fourth-order valence-electron chi connectivity index (χ4n) is 2.90. The Morgan fingerprint density at radius 3 is 2.54 bits per heavy atom. The van der Waals surface area contributed by atoms with Gasteiger partial charge in [-0.25, -0.2) is 14.6 Å². The fraction of sp³-hybridized carbons (Fsp3) is 0. The minimum absolute atomic E-state index is 0.308. The van der Waals surface area contributed by atoms with Gasteiger partial charge < -0.3 is 0 Å². The third-order valence-corrected chi connectivity index (χ3v) is 4.25. The largest absolute Gasteiger partial charge is 0.285 e. The van der Waals surface area contributed by atoms with Gasteiger partial charge in [-0.05, 0) is 24.3 Å². The lowest BCUT2D eigenvalue weighted by Crippen LogP contribution is -2.17. The van der Waals surface area contributed by atoms with Gasteiger partial charge in [-0.3, -0.25) is 9.78 Å². The number of hydrogen-bond acceptors (Lipinski definition) is 6. The number of para-hydroxylation sites is 3. The maximum atomic E-state index is 12.7. The summed E-state index contributed by atoms with van der Waals surface area (Å²) in [6.45, 7) is 0. The van der Waals surface area contributed by atoms with Crippen LogP contribution in [0, 0.1) is 0 Å². The Balaban J connectivity index is 1.53. The van der Waals surface area contributed by atoms with E-state index in [0.29, 0.717) is 16.7 Å². The molecule has 0 aliphatic carbocycles. The van der Waals surface area contributed by atoms with Crippen LogP contribution in [0.3, 0.4) is 0 Å². The van der Waals surface area contributed by atoms with E-state index in [9.17, 15) is 4.79 Å². The van der Waals surface area contributed by atoms with Gasteiger partial charge in [0.05, 0.1) is 35.3 Å². The van der Waals surface area contributed by atoms with Crippen molar-refractivity contribution in [1.82, 2.24) is 29.4 Å². The van der Waals surface area contributed by atoms with Crippen LogP contribution in [0.5, 0.6) is 0 Å². The summed E-state index contributed by atoms with van der Waals surface area (Å²) >= 11 is 0. The number of rotatable bonds is 3. The third kappa shape index (κ3) is 2.73. The van der Waals surface area contributed by atoms with Gasteiger partial charge in [-0.2, -0.15) is 14.9 Å². The summed E-state index contributed by atoms with van der Waals surface area (Å²) < 4.78 is 2.79. The first kappa shape index (κ1) is 16.0. The zero-order valence-electron chi connectivity index (χ0n) is 14.5. The second-order valence-electron chi connectivity index (χ2n) is 6.05. The van der Waals surface area contributed by atoms with Crippen LogP contribution in [0.1, 0.15) is 5.69 Å². The van der Waals surface area contributed by atoms with E-state index in [-0.39, 0.29) is 5.56 Å². The van der Waals surface area contributed by atoms with Gasteiger partial charge in [-0.15, -0.1) is 0 Å². The van der Waals surface area contributed by atoms with Crippen LogP contribution in [-0.4, -0.2) is 35.6 Å². The SMILES string of the molecule is O=c1c2cnn(-c3ccccc3)c2ncn1/N=C\c1cnc2ccccc2n1. The zero-order chi connectivity index (χ0) is 18.9. The van der Waals surface area contributed by atoms with E-state index >= 15 is 0 Å². The number of hydrogen-bond donors (Lipinski definition) is 0. The molecular weight excluding hydrogens is 354 g/mol. The van der Waals surface area contributed by atoms with Crippen molar-refractivity contribution in [3.05, 3.63) is 89.4 Å². The van der Waals surface area contributed by atoms with E-state index in [2.05, 4.69) is 25.2 Å². The summed E-state index contributed by atoms with van der Waals surface area (Å²) in [7, 11) is 0. The molecule has 8 heteroatoms. The number of benzene rings is 2. The van der Waals surface area contributed by atoms with Crippen LogP contribution < -0.4 is 5.56 Å². The minimum Gasteiger partial charge on any atom is -0.266 e. The molecule has 0 spiro atoms. The molecule has 0 unspecified atom stereocenters. The Bertz CT molecular complexity index is 1390. The molecule has 134 valence electrons. The molecule has 0 aliphatic rings. The average Bonchev–Trinajstić information content (AvgIpc) is 3.19. The van der Waals surface area contributed by atoms with Crippen LogP contribution >= 0.6 is 0 Å². The molecule has 0 saturated heterocycles. The van der Waals surface area contributed by atoms with Crippen molar-refractivity contribution in [2.45, 2.75) is 0 Å². The lowest BCUT2D eigenvalue weighted by atomic mass is 10.3. The molecule has 5 aromatic rings. The molecule has 0 atom stereocenters. The highest BCUT2D eigenvalue weighted by atomic mass is 16.1. The predicted molar refractivity (Wildman–Crippen MR) is 106 cm³/mol. The predicted octanol–water partition coefficient (Wildman–Crippen LogP) is 2.41. The third-order valence-electron chi connectivity index (χ3n) is 4.25. The van der Waals surface area contributed by atoms with Gasteiger partial charge in [0.15, 0.2) is 5.65 Å². The zero-order valence-corrected chi connectivity index (χ0v) is 14.5. The maximum absolute atomic E-state index is 12.7. The second kappa shape index (κ2) is 6.51.